The monoisotopic (exact) mass is 985 g/mol. The van der Waals surface area contributed by atoms with E-state index in [2.05, 4.69) is 53.4 Å². The third kappa shape index (κ3) is 7.55. The molecule has 51 heavy (non-hydrogen) atoms. The quantitative estimate of drug-likeness (QED) is 0.157. The molecular formula is C28H23BiF17NO3S. The van der Waals surface area contributed by atoms with E-state index in [1.165, 1.54) is 45.2 Å². The summed E-state index contributed by atoms with van der Waals surface area (Å²) < 4.78 is 247. The normalized spacial score (nSPS) is 18.2. The van der Waals surface area contributed by atoms with Gasteiger partial charge >= 0.3 is 193 Å². The van der Waals surface area contributed by atoms with E-state index < -0.39 is 80.3 Å². The van der Waals surface area contributed by atoms with Crippen LogP contribution in [0.25, 0.3) is 0 Å². The summed E-state index contributed by atoms with van der Waals surface area (Å²) >= 11 is -0.755. The standard InChI is InChI=1S/C20H23N.C8HF17O3S.Bi/c1-4-10-18(11-5-1)16-21(20-14-8-3-9-15-20)17-19-12-6-2-7-13-19;9-1(10,3(13,14)5(17,18)7(21,22)23)2(11,12)4(15,16)6(19,20)8(24,25)29(26,27)28;/h1-2,4-7,10,12,20H,3,8-9,14-17H2;(H,26,27,28);/q;;+1/p-1. The van der Waals surface area contributed by atoms with Crippen molar-refractivity contribution in [2.75, 3.05) is 0 Å². The average molecular weight is 986 g/mol. The van der Waals surface area contributed by atoms with Crippen LogP contribution in [0.1, 0.15) is 43.2 Å². The minimum atomic E-state index is -8.92. The van der Waals surface area contributed by atoms with Gasteiger partial charge in [0.05, 0.1) is 0 Å². The molecule has 1 fully saturated rings. The zero-order valence-corrected chi connectivity index (χ0v) is 29.4. The Labute approximate surface area is 289 Å². The second kappa shape index (κ2) is 14.3. The Morgan fingerprint density at radius 2 is 0.902 bits per heavy atom. The van der Waals surface area contributed by atoms with E-state index in [-0.39, 0.29) is 0 Å². The van der Waals surface area contributed by atoms with Gasteiger partial charge in [0.1, 0.15) is 0 Å². The van der Waals surface area contributed by atoms with Crippen LogP contribution >= 0.6 is 0 Å². The number of hydrogen-bond acceptors (Lipinski definition) is 4. The van der Waals surface area contributed by atoms with Gasteiger partial charge in [0.2, 0.25) is 0 Å². The van der Waals surface area contributed by atoms with Gasteiger partial charge in [-0.2, -0.15) is 74.6 Å². The van der Waals surface area contributed by atoms with Crippen LogP contribution in [0.4, 0.5) is 74.6 Å². The first-order chi connectivity index (χ1) is 22.9. The fraction of sp³-hybridized carbons (Fsp3) is 0.571. The van der Waals surface area contributed by atoms with Crippen molar-refractivity contribution < 1.29 is 87.6 Å². The van der Waals surface area contributed by atoms with Gasteiger partial charge in [0, 0.05) is 0 Å². The number of benzene rings is 2. The van der Waals surface area contributed by atoms with Gasteiger partial charge in [0.15, 0.2) is 10.1 Å². The Kier molecular flexibility index (Phi) is 12.2. The first-order valence-corrected chi connectivity index (χ1v) is 19.1. The summed E-state index contributed by atoms with van der Waals surface area (Å²) in [6.45, 7) is 2.33. The van der Waals surface area contributed by atoms with Crippen molar-refractivity contribution in [1.82, 2.24) is 4.90 Å². The molecule has 4 nitrogen and oxygen atoms in total. The van der Waals surface area contributed by atoms with Crippen molar-refractivity contribution in [3.63, 3.8) is 0 Å². The summed E-state index contributed by atoms with van der Waals surface area (Å²) in [5.41, 5.74) is 3.22. The average Bonchev–Trinajstić information content (AvgIpc) is 3.00. The van der Waals surface area contributed by atoms with Gasteiger partial charge in [-0.3, -0.25) is 0 Å². The fourth-order valence-corrected chi connectivity index (χ4v) is 10.1. The summed E-state index contributed by atoms with van der Waals surface area (Å²) in [5.74, 6) is -52.1. The zero-order valence-electron chi connectivity index (χ0n) is 25.1. The Morgan fingerprint density at radius 1 is 0.549 bits per heavy atom. The molecule has 0 unspecified atom stereocenters. The van der Waals surface area contributed by atoms with Crippen molar-refractivity contribution in [2.24, 2.45) is 0 Å². The molecule has 2 radical (unpaired) electrons. The van der Waals surface area contributed by atoms with Gasteiger partial charge < -0.3 is 4.55 Å². The van der Waals surface area contributed by atoms with Crippen molar-refractivity contribution in [2.45, 2.75) is 98.2 Å². The fourth-order valence-electron chi connectivity index (χ4n) is 5.14. The predicted molar refractivity (Wildman–Crippen MR) is 144 cm³/mol. The second-order valence-electron chi connectivity index (χ2n) is 11.5. The Bertz CT molecular complexity index is 1600. The molecule has 1 heterocycles. The topological polar surface area (TPSA) is 60.4 Å². The summed E-state index contributed by atoms with van der Waals surface area (Å²) in [6.07, 6.45) is -0.831. The SMILES string of the molecule is O=S(=O)([O-])C(F)(F)C(F)(F)C(F)(F)C(F)(F)C(F)(F)C(F)(F)C(F)(F)C(F)(F)F.c1cc[c]2c(c1)CN(C1CCCCC1)Cc1cccc[c]1[Bi+]2. The van der Waals surface area contributed by atoms with E-state index in [4.69, 9.17) is 0 Å². The molecule has 1 aliphatic carbocycles. The van der Waals surface area contributed by atoms with Crippen LogP contribution in [0.2, 0.25) is 0 Å². The zero-order chi connectivity index (χ0) is 39.3. The van der Waals surface area contributed by atoms with E-state index in [0.717, 1.165) is 6.04 Å². The number of hydrogen-bond donors (Lipinski definition) is 0. The van der Waals surface area contributed by atoms with E-state index >= 15 is 0 Å². The molecular weight excluding hydrogens is 962 g/mol. The molecule has 1 aliphatic heterocycles. The summed E-state index contributed by atoms with van der Waals surface area (Å²) in [5, 5.41) is -7.95. The Balaban J connectivity index is 0.000000283. The molecule has 0 bridgehead atoms. The third-order valence-electron chi connectivity index (χ3n) is 8.07. The van der Waals surface area contributed by atoms with Gasteiger partial charge in [-0.25, -0.2) is 8.42 Å². The van der Waals surface area contributed by atoms with Crippen molar-refractivity contribution in [3.8, 4) is 0 Å². The van der Waals surface area contributed by atoms with Gasteiger partial charge in [-0.15, -0.1) is 0 Å². The number of rotatable bonds is 8. The predicted octanol–water partition coefficient (Wildman–Crippen LogP) is 7.49. The molecule has 0 aromatic heterocycles. The van der Waals surface area contributed by atoms with E-state index in [1.807, 2.05) is 0 Å². The second-order valence-corrected chi connectivity index (χ2v) is 17.5. The van der Waals surface area contributed by atoms with Gasteiger partial charge in [-0.1, -0.05) is 0 Å². The van der Waals surface area contributed by atoms with E-state index in [9.17, 15) is 87.6 Å². The number of fused-ring (bicyclic) bond motifs is 2. The minimum absolute atomic E-state index is 0.755. The van der Waals surface area contributed by atoms with Crippen LogP contribution in [-0.4, -0.2) is 94.1 Å². The summed E-state index contributed by atoms with van der Waals surface area (Å²) in [7, 11) is -8.14. The molecule has 0 atom stereocenters. The third-order valence-corrected chi connectivity index (χ3v) is 14.2. The molecule has 2 aromatic rings. The van der Waals surface area contributed by atoms with Crippen LogP contribution < -0.4 is 6.54 Å². The van der Waals surface area contributed by atoms with Crippen LogP contribution in [-0.2, 0) is 23.2 Å². The maximum absolute atomic E-state index is 13.0. The van der Waals surface area contributed by atoms with Gasteiger partial charge in [-0.05, 0) is 0 Å². The molecule has 0 N–H and O–H groups in total. The molecule has 288 valence electrons. The molecule has 0 spiro atoms. The van der Waals surface area contributed by atoms with Gasteiger partial charge in [0.25, 0.3) is 0 Å². The molecule has 23 heteroatoms. The van der Waals surface area contributed by atoms with Crippen LogP contribution in [0.15, 0.2) is 48.5 Å². The maximum atomic E-state index is 13.0. The molecule has 0 saturated heterocycles. The Morgan fingerprint density at radius 3 is 1.27 bits per heavy atom. The van der Waals surface area contributed by atoms with E-state index in [0.29, 0.717) is 0 Å². The molecule has 4 rings (SSSR count). The molecule has 1 saturated carbocycles. The van der Waals surface area contributed by atoms with E-state index in [1.54, 1.807) is 17.7 Å². The van der Waals surface area contributed by atoms with Crippen LogP contribution in [0.3, 0.4) is 0 Å². The van der Waals surface area contributed by atoms with Crippen LogP contribution in [0.5, 0.6) is 0 Å². The van der Waals surface area contributed by atoms with Crippen molar-refractivity contribution >= 4 is 39.9 Å². The molecule has 0 amide bonds. The molecule has 2 aliphatic rings. The van der Waals surface area contributed by atoms with Crippen LogP contribution in [0, 0.1) is 0 Å². The number of halogens is 17. The number of alkyl halides is 17. The Hall–Kier alpha value is -2.00. The first-order valence-electron chi connectivity index (χ1n) is 14.2. The summed E-state index contributed by atoms with van der Waals surface area (Å²) in [4.78, 5) is 2.77. The molecule has 2 aromatic carbocycles. The number of nitrogens with zero attached hydrogens (tertiary/aromatic N) is 1. The van der Waals surface area contributed by atoms with Crippen molar-refractivity contribution in [3.05, 3.63) is 59.7 Å². The van der Waals surface area contributed by atoms with Crippen molar-refractivity contribution in [1.29, 1.82) is 0 Å². The first kappa shape index (κ1) is 43.4. The summed E-state index contributed by atoms with van der Waals surface area (Å²) in [6, 6.07) is 19.3.